The fourth-order valence-electron chi connectivity index (χ4n) is 1.45. The highest BCUT2D eigenvalue weighted by atomic mass is 32.2. The number of aliphatic imine (C=N–C) groups is 1. The van der Waals surface area contributed by atoms with Gasteiger partial charge in [-0.1, -0.05) is 13.8 Å². The van der Waals surface area contributed by atoms with E-state index in [1.807, 2.05) is 0 Å². The van der Waals surface area contributed by atoms with Gasteiger partial charge in [0.15, 0.2) is 5.96 Å². The number of benzene rings is 1. The molecule has 0 radical (unpaired) electrons. The lowest BCUT2D eigenvalue weighted by Gasteiger charge is -2.20. The normalized spacial score (nSPS) is 13.4. The zero-order chi connectivity index (χ0) is 15.0. The van der Waals surface area contributed by atoms with E-state index < -0.39 is 0 Å². The molecular formula is C15H24FN3S. The number of thioether (sulfide) groups is 1. The van der Waals surface area contributed by atoms with E-state index in [4.69, 9.17) is 0 Å². The van der Waals surface area contributed by atoms with Crippen LogP contribution in [0, 0.1) is 11.7 Å². The van der Waals surface area contributed by atoms with Crippen molar-refractivity contribution in [2.45, 2.75) is 31.7 Å². The molecule has 0 aromatic heterocycles. The maximum atomic E-state index is 12.8. The quantitative estimate of drug-likeness (QED) is 0.366. The summed E-state index contributed by atoms with van der Waals surface area (Å²) in [6.07, 6.45) is 0. The number of hydrogen-bond donors (Lipinski definition) is 2. The van der Waals surface area contributed by atoms with Gasteiger partial charge in [-0.05, 0) is 37.1 Å². The summed E-state index contributed by atoms with van der Waals surface area (Å²) in [5.41, 5.74) is 0. The molecular weight excluding hydrogens is 273 g/mol. The third-order valence-electron chi connectivity index (χ3n) is 3.06. The van der Waals surface area contributed by atoms with Crippen molar-refractivity contribution in [2.24, 2.45) is 10.9 Å². The fourth-order valence-corrected chi connectivity index (χ4v) is 2.21. The van der Waals surface area contributed by atoms with Crippen LogP contribution in [0.25, 0.3) is 0 Å². The standard InChI is InChI=1S/C15H24FN3S/c1-11(2)12(3)19-15(17-4)18-9-10-20-14-7-5-13(16)6-8-14/h5-8,11-12H,9-10H2,1-4H3,(H2,17,18,19). The van der Waals surface area contributed by atoms with Gasteiger partial charge in [0, 0.05) is 30.3 Å². The minimum atomic E-state index is -0.195. The van der Waals surface area contributed by atoms with Gasteiger partial charge in [0.2, 0.25) is 0 Å². The van der Waals surface area contributed by atoms with Crippen LogP contribution in [0.4, 0.5) is 4.39 Å². The Balaban J connectivity index is 2.27. The lowest BCUT2D eigenvalue weighted by atomic mass is 10.1. The van der Waals surface area contributed by atoms with Crippen molar-refractivity contribution in [2.75, 3.05) is 19.3 Å². The molecule has 0 spiro atoms. The molecule has 0 heterocycles. The summed E-state index contributed by atoms with van der Waals surface area (Å²) in [6.45, 7) is 7.31. The van der Waals surface area contributed by atoms with E-state index in [0.717, 1.165) is 23.2 Å². The molecule has 5 heteroatoms. The molecule has 1 aromatic carbocycles. The van der Waals surface area contributed by atoms with E-state index in [1.165, 1.54) is 12.1 Å². The second-order valence-electron chi connectivity index (χ2n) is 4.98. The van der Waals surface area contributed by atoms with Crippen molar-refractivity contribution in [3.63, 3.8) is 0 Å². The molecule has 20 heavy (non-hydrogen) atoms. The zero-order valence-corrected chi connectivity index (χ0v) is 13.4. The molecule has 1 rings (SSSR count). The molecule has 1 unspecified atom stereocenters. The Morgan fingerprint density at radius 2 is 1.90 bits per heavy atom. The molecule has 0 saturated heterocycles. The predicted octanol–water partition coefficient (Wildman–Crippen LogP) is 3.13. The summed E-state index contributed by atoms with van der Waals surface area (Å²) in [5, 5.41) is 6.63. The molecule has 1 aromatic rings. The van der Waals surface area contributed by atoms with Crippen molar-refractivity contribution >= 4 is 17.7 Å². The first-order chi connectivity index (χ1) is 9.52. The van der Waals surface area contributed by atoms with Crippen molar-refractivity contribution in [3.05, 3.63) is 30.1 Å². The first kappa shape index (κ1) is 16.8. The van der Waals surface area contributed by atoms with Gasteiger partial charge in [0.25, 0.3) is 0 Å². The molecule has 0 fully saturated rings. The Morgan fingerprint density at radius 1 is 1.25 bits per heavy atom. The lowest BCUT2D eigenvalue weighted by Crippen LogP contribution is -2.44. The van der Waals surface area contributed by atoms with Crippen molar-refractivity contribution in [1.82, 2.24) is 10.6 Å². The molecule has 2 N–H and O–H groups in total. The second-order valence-corrected chi connectivity index (χ2v) is 6.15. The Hall–Kier alpha value is -1.23. The lowest BCUT2D eigenvalue weighted by molar-refractivity contribution is 0.481. The smallest absolute Gasteiger partial charge is 0.191 e. The predicted molar refractivity (Wildman–Crippen MR) is 85.9 cm³/mol. The Morgan fingerprint density at radius 3 is 2.45 bits per heavy atom. The molecule has 0 aliphatic rings. The van der Waals surface area contributed by atoms with Crippen LogP contribution in [0.2, 0.25) is 0 Å². The number of nitrogens with zero attached hydrogens (tertiary/aromatic N) is 1. The molecule has 0 saturated carbocycles. The van der Waals surface area contributed by atoms with Gasteiger partial charge in [-0.25, -0.2) is 4.39 Å². The molecule has 1 atom stereocenters. The van der Waals surface area contributed by atoms with Crippen LogP contribution in [-0.2, 0) is 0 Å². The summed E-state index contributed by atoms with van der Waals surface area (Å²) >= 11 is 1.69. The number of rotatable bonds is 6. The summed E-state index contributed by atoms with van der Waals surface area (Å²) in [7, 11) is 1.77. The fraction of sp³-hybridized carbons (Fsp3) is 0.533. The van der Waals surface area contributed by atoms with Crippen molar-refractivity contribution in [3.8, 4) is 0 Å². The zero-order valence-electron chi connectivity index (χ0n) is 12.6. The van der Waals surface area contributed by atoms with Gasteiger partial charge in [-0.15, -0.1) is 11.8 Å². The van der Waals surface area contributed by atoms with Crippen LogP contribution in [0.15, 0.2) is 34.2 Å². The van der Waals surface area contributed by atoms with E-state index in [0.29, 0.717) is 12.0 Å². The Labute approximate surface area is 125 Å². The molecule has 0 bridgehead atoms. The Bertz CT molecular complexity index is 418. The number of nitrogens with one attached hydrogen (secondary N) is 2. The highest BCUT2D eigenvalue weighted by Gasteiger charge is 2.08. The van der Waals surface area contributed by atoms with Crippen molar-refractivity contribution < 1.29 is 4.39 Å². The summed E-state index contributed by atoms with van der Waals surface area (Å²) in [4.78, 5) is 5.28. The molecule has 0 amide bonds. The van der Waals surface area contributed by atoms with E-state index in [2.05, 4.69) is 36.4 Å². The highest BCUT2D eigenvalue weighted by molar-refractivity contribution is 7.99. The minimum Gasteiger partial charge on any atom is -0.356 e. The maximum absolute atomic E-state index is 12.8. The molecule has 0 aliphatic carbocycles. The molecule has 0 aliphatic heterocycles. The van der Waals surface area contributed by atoms with Crippen LogP contribution < -0.4 is 10.6 Å². The van der Waals surface area contributed by atoms with E-state index in [-0.39, 0.29) is 5.82 Å². The van der Waals surface area contributed by atoms with Crippen LogP contribution in [0.5, 0.6) is 0 Å². The topological polar surface area (TPSA) is 36.4 Å². The minimum absolute atomic E-state index is 0.195. The first-order valence-electron chi connectivity index (χ1n) is 6.88. The van der Waals surface area contributed by atoms with Gasteiger partial charge in [-0.2, -0.15) is 0 Å². The summed E-state index contributed by atoms with van der Waals surface area (Å²) in [6, 6.07) is 6.95. The average Bonchev–Trinajstić information content (AvgIpc) is 2.43. The van der Waals surface area contributed by atoms with Crippen LogP contribution >= 0.6 is 11.8 Å². The third kappa shape index (κ3) is 6.28. The van der Waals surface area contributed by atoms with Crippen LogP contribution in [0.1, 0.15) is 20.8 Å². The van der Waals surface area contributed by atoms with Crippen LogP contribution in [-0.4, -0.2) is 31.3 Å². The highest BCUT2D eigenvalue weighted by Crippen LogP contribution is 2.17. The second kappa shape index (κ2) is 8.84. The van der Waals surface area contributed by atoms with E-state index >= 15 is 0 Å². The van der Waals surface area contributed by atoms with Crippen LogP contribution in [0.3, 0.4) is 0 Å². The first-order valence-corrected chi connectivity index (χ1v) is 7.87. The molecule has 112 valence electrons. The summed E-state index contributed by atoms with van der Waals surface area (Å²) < 4.78 is 12.8. The summed E-state index contributed by atoms with van der Waals surface area (Å²) in [5.74, 6) is 2.09. The average molecular weight is 297 g/mol. The van der Waals surface area contributed by atoms with E-state index in [9.17, 15) is 4.39 Å². The van der Waals surface area contributed by atoms with Gasteiger partial charge in [0.1, 0.15) is 5.82 Å². The van der Waals surface area contributed by atoms with E-state index in [1.54, 1.807) is 30.9 Å². The van der Waals surface area contributed by atoms with Gasteiger partial charge < -0.3 is 10.6 Å². The third-order valence-corrected chi connectivity index (χ3v) is 4.08. The van der Waals surface area contributed by atoms with Crippen molar-refractivity contribution in [1.29, 1.82) is 0 Å². The van der Waals surface area contributed by atoms with Gasteiger partial charge in [0.05, 0.1) is 0 Å². The molecule has 3 nitrogen and oxygen atoms in total. The number of halogens is 1. The number of hydrogen-bond acceptors (Lipinski definition) is 2. The maximum Gasteiger partial charge on any atom is 0.191 e. The SMILES string of the molecule is CN=C(NCCSc1ccc(F)cc1)NC(C)C(C)C. The largest absolute Gasteiger partial charge is 0.356 e. The number of guanidine groups is 1. The monoisotopic (exact) mass is 297 g/mol. The Kier molecular flexibility index (Phi) is 7.44. The van der Waals surface area contributed by atoms with Gasteiger partial charge in [-0.3, -0.25) is 4.99 Å². The van der Waals surface area contributed by atoms with Gasteiger partial charge >= 0.3 is 0 Å².